The van der Waals surface area contributed by atoms with E-state index in [1.807, 2.05) is 0 Å². The number of hydrogen-bond acceptors (Lipinski definition) is 7. The first-order valence-electron chi connectivity index (χ1n) is 14.0. The van der Waals surface area contributed by atoms with E-state index in [-0.39, 0.29) is 6.42 Å². The monoisotopic (exact) mass is 490 g/mol. The van der Waals surface area contributed by atoms with Crippen LogP contribution in [0.25, 0.3) is 0 Å². The Labute approximate surface area is 207 Å². The molecule has 0 aromatic rings. The minimum Gasteiger partial charge on any atom is -0.433 e. The number of aliphatic hydroxyl groups is 5. The summed E-state index contributed by atoms with van der Waals surface area (Å²) in [7, 11) is 0. The van der Waals surface area contributed by atoms with Gasteiger partial charge >= 0.3 is 5.97 Å². The Hall–Kier alpha value is -0.730. The third-order valence-electron chi connectivity index (χ3n) is 6.46. The second-order valence-corrected chi connectivity index (χ2v) is 9.73. The topological polar surface area (TPSA) is 127 Å². The molecule has 0 fully saturated rings. The molecule has 0 rings (SSSR count). The van der Waals surface area contributed by atoms with Gasteiger partial charge in [0.1, 0.15) is 18.3 Å². The fraction of sp³-hybridized carbons (Fsp3) is 0.963. The van der Waals surface area contributed by atoms with Crippen molar-refractivity contribution in [3.8, 4) is 0 Å². The van der Waals surface area contributed by atoms with Crippen LogP contribution in [0.1, 0.15) is 135 Å². The lowest BCUT2D eigenvalue weighted by Crippen LogP contribution is -2.47. The van der Waals surface area contributed by atoms with E-state index in [1.165, 1.54) is 96.3 Å². The number of ether oxygens (including phenoxy) is 1. The third kappa shape index (κ3) is 19.6. The van der Waals surface area contributed by atoms with E-state index in [0.717, 1.165) is 19.3 Å². The SMILES string of the molecule is CCCCCCCCCCCCCCCCCCCCCC(=O)OC(O)[C@@H](O)[C@H](O)[C@H](O)CO. The van der Waals surface area contributed by atoms with Gasteiger partial charge in [-0.1, -0.05) is 122 Å². The molecule has 0 saturated carbocycles. The lowest BCUT2D eigenvalue weighted by molar-refractivity contribution is -0.209. The van der Waals surface area contributed by atoms with Gasteiger partial charge in [-0.15, -0.1) is 0 Å². The van der Waals surface area contributed by atoms with Crippen LogP contribution in [0.15, 0.2) is 0 Å². The average Bonchev–Trinajstić information content (AvgIpc) is 2.83. The summed E-state index contributed by atoms with van der Waals surface area (Å²) in [6.07, 6.45) is 17.1. The van der Waals surface area contributed by atoms with Crippen LogP contribution in [0.4, 0.5) is 0 Å². The number of esters is 1. The molecule has 0 aromatic heterocycles. The molecule has 7 nitrogen and oxygen atoms in total. The summed E-state index contributed by atoms with van der Waals surface area (Å²) in [6, 6.07) is 0. The Morgan fingerprint density at radius 2 is 0.941 bits per heavy atom. The Morgan fingerprint density at radius 3 is 1.29 bits per heavy atom. The van der Waals surface area contributed by atoms with Gasteiger partial charge in [-0.2, -0.15) is 0 Å². The van der Waals surface area contributed by atoms with E-state index < -0.39 is 37.2 Å². The largest absolute Gasteiger partial charge is 0.433 e. The molecule has 0 bridgehead atoms. The van der Waals surface area contributed by atoms with Gasteiger partial charge in [0.2, 0.25) is 6.29 Å². The first kappa shape index (κ1) is 33.3. The number of rotatable bonds is 25. The number of unbranched alkanes of at least 4 members (excludes halogenated alkanes) is 18. The van der Waals surface area contributed by atoms with Crippen LogP contribution in [-0.2, 0) is 9.53 Å². The number of hydrogen-bond donors (Lipinski definition) is 5. The van der Waals surface area contributed by atoms with Crippen LogP contribution in [0.3, 0.4) is 0 Å². The van der Waals surface area contributed by atoms with E-state index in [2.05, 4.69) is 11.7 Å². The number of carbonyl (C=O) groups is 1. The van der Waals surface area contributed by atoms with Crippen molar-refractivity contribution < 1.29 is 35.1 Å². The van der Waals surface area contributed by atoms with Gasteiger partial charge in [0, 0.05) is 6.42 Å². The van der Waals surface area contributed by atoms with E-state index in [0.29, 0.717) is 6.42 Å². The maximum Gasteiger partial charge on any atom is 0.308 e. The minimum atomic E-state index is -1.94. The smallest absolute Gasteiger partial charge is 0.308 e. The molecular formula is C27H54O7. The van der Waals surface area contributed by atoms with Crippen molar-refractivity contribution in [3.05, 3.63) is 0 Å². The summed E-state index contributed by atoms with van der Waals surface area (Å²) in [5, 5.41) is 46.7. The molecule has 7 heteroatoms. The van der Waals surface area contributed by atoms with Crippen molar-refractivity contribution in [1.29, 1.82) is 0 Å². The van der Waals surface area contributed by atoms with Crippen molar-refractivity contribution in [3.63, 3.8) is 0 Å². The van der Waals surface area contributed by atoms with Crippen LogP contribution >= 0.6 is 0 Å². The van der Waals surface area contributed by atoms with Gasteiger partial charge in [-0.05, 0) is 6.42 Å². The first-order chi connectivity index (χ1) is 16.4. The molecule has 0 amide bonds. The van der Waals surface area contributed by atoms with Crippen molar-refractivity contribution in [1.82, 2.24) is 0 Å². The summed E-state index contributed by atoms with van der Waals surface area (Å²) in [5.41, 5.74) is 0. The predicted octanol–water partition coefficient (Wildman–Crippen LogP) is 4.74. The highest BCUT2D eigenvalue weighted by Crippen LogP contribution is 2.15. The van der Waals surface area contributed by atoms with Crippen LogP contribution in [0, 0.1) is 0 Å². The molecule has 0 spiro atoms. The third-order valence-corrected chi connectivity index (χ3v) is 6.46. The summed E-state index contributed by atoms with van der Waals surface area (Å²) >= 11 is 0. The maximum atomic E-state index is 11.7. The maximum absolute atomic E-state index is 11.7. The van der Waals surface area contributed by atoms with Crippen LogP contribution in [0.5, 0.6) is 0 Å². The van der Waals surface area contributed by atoms with Gasteiger partial charge < -0.3 is 30.3 Å². The fourth-order valence-electron chi connectivity index (χ4n) is 4.12. The van der Waals surface area contributed by atoms with Gasteiger partial charge in [0.25, 0.3) is 0 Å². The van der Waals surface area contributed by atoms with Gasteiger partial charge in [0.05, 0.1) is 6.61 Å². The van der Waals surface area contributed by atoms with E-state index in [9.17, 15) is 25.2 Å². The molecule has 0 heterocycles. The summed E-state index contributed by atoms with van der Waals surface area (Å²) in [4.78, 5) is 11.7. The van der Waals surface area contributed by atoms with Crippen molar-refractivity contribution in [2.24, 2.45) is 0 Å². The standard InChI is InChI=1S/C27H54O7/c1-2-3-4-5-6-7-8-9-10-11-12-13-14-15-16-17-18-19-20-21-24(30)34-27(33)26(32)25(31)23(29)22-28/h23,25-29,31-33H,2-22H2,1H3/t23-,25-,26+,27?/m1/s1. The average molecular weight is 491 g/mol. The molecular weight excluding hydrogens is 436 g/mol. The predicted molar refractivity (Wildman–Crippen MR) is 135 cm³/mol. The van der Waals surface area contributed by atoms with Crippen LogP contribution in [-0.4, -0.2) is 62.7 Å². The Balaban J connectivity index is 3.39. The molecule has 0 aliphatic carbocycles. The highest BCUT2D eigenvalue weighted by atomic mass is 16.6. The van der Waals surface area contributed by atoms with Crippen LogP contribution < -0.4 is 0 Å². The van der Waals surface area contributed by atoms with E-state index in [1.54, 1.807) is 0 Å². The zero-order valence-electron chi connectivity index (χ0n) is 21.7. The molecule has 4 atom stereocenters. The van der Waals surface area contributed by atoms with Crippen molar-refractivity contribution >= 4 is 5.97 Å². The fourth-order valence-corrected chi connectivity index (χ4v) is 4.12. The van der Waals surface area contributed by atoms with E-state index >= 15 is 0 Å². The molecule has 5 N–H and O–H groups in total. The Bertz CT molecular complexity index is 447. The zero-order chi connectivity index (χ0) is 25.4. The second kappa shape index (κ2) is 24.0. The molecule has 0 aromatic carbocycles. The van der Waals surface area contributed by atoms with E-state index in [4.69, 9.17) is 5.11 Å². The lowest BCUT2D eigenvalue weighted by Gasteiger charge is -2.25. The van der Waals surface area contributed by atoms with Gasteiger partial charge in [0.15, 0.2) is 0 Å². The molecule has 204 valence electrons. The normalized spacial score (nSPS) is 15.1. The highest BCUT2D eigenvalue weighted by Gasteiger charge is 2.32. The molecule has 34 heavy (non-hydrogen) atoms. The molecule has 0 aliphatic heterocycles. The summed E-state index contributed by atoms with van der Waals surface area (Å²) in [6.45, 7) is 1.49. The molecule has 0 aliphatic rings. The molecule has 0 radical (unpaired) electrons. The number of aliphatic hydroxyl groups excluding tert-OH is 5. The molecule has 0 saturated heterocycles. The summed E-state index contributed by atoms with van der Waals surface area (Å²) < 4.78 is 4.68. The molecule has 1 unspecified atom stereocenters. The minimum absolute atomic E-state index is 0.126. The van der Waals surface area contributed by atoms with Gasteiger partial charge in [-0.25, -0.2) is 0 Å². The quantitative estimate of drug-likeness (QED) is 0.0710. The second-order valence-electron chi connectivity index (χ2n) is 9.73. The highest BCUT2D eigenvalue weighted by molar-refractivity contribution is 5.69. The van der Waals surface area contributed by atoms with Crippen LogP contribution in [0.2, 0.25) is 0 Å². The van der Waals surface area contributed by atoms with Gasteiger partial charge in [-0.3, -0.25) is 4.79 Å². The van der Waals surface area contributed by atoms with Crippen molar-refractivity contribution in [2.75, 3.05) is 6.61 Å². The Morgan fingerprint density at radius 1 is 0.588 bits per heavy atom. The first-order valence-corrected chi connectivity index (χ1v) is 14.0. The van der Waals surface area contributed by atoms with Crippen molar-refractivity contribution in [2.45, 2.75) is 160 Å². The number of carbonyl (C=O) groups excluding carboxylic acids is 1. The summed E-state index contributed by atoms with van der Waals surface area (Å²) in [5.74, 6) is -0.663. The lowest BCUT2D eigenvalue weighted by atomic mass is 10.0. The zero-order valence-corrected chi connectivity index (χ0v) is 21.7. The Kier molecular flexibility index (Phi) is 23.5.